The Balaban J connectivity index is 2.90. The summed E-state index contributed by atoms with van der Waals surface area (Å²) in [5, 5.41) is 3.11. The molecule has 118 valence electrons. The smallest absolute Gasteiger partial charge is 0.333 e. The zero-order valence-electron chi connectivity index (χ0n) is 13.5. The molecule has 1 rings (SSSR count). The van der Waals surface area contributed by atoms with Crippen LogP contribution in [0.15, 0.2) is 30.3 Å². The highest BCUT2D eigenvalue weighted by Gasteiger charge is 2.40. The van der Waals surface area contributed by atoms with E-state index >= 15 is 0 Å². The summed E-state index contributed by atoms with van der Waals surface area (Å²) in [6, 6.07) is 9.58. The van der Waals surface area contributed by atoms with E-state index in [-0.39, 0.29) is 12.6 Å². The van der Waals surface area contributed by atoms with Crippen molar-refractivity contribution in [2.75, 3.05) is 26.9 Å². The summed E-state index contributed by atoms with van der Waals surface area (Å²) in [6.45, 7) is 7.35. The van der Waals surface area contributed by atoms with Gasteiger partial charge in [0.25, 0.3) is 0 Å². The van der Waals surface area contributed by atoms with Gasteiger partial charge in [-0.05, 0) is 31.9 Å². The normalized spacial score (nSPS) is 14.0. The fraction of sp³-hybridized carbons (Fsp3) is 0.588. The molecule has 0 spiro atoms. The zero-order valence-corrected chi connectivity index (χ0v) is 13.5. The molecule has 0 fully saturated rings. The van der Waals surface area contributed by atoms with E-state index in [1.807, 2.05) is 37.3 Å². The molecular weight excluding hydrogens is 266 g/mol. The first-order valence-corrected chi connectivity index (χ1v) is 7.56. The van der Waals surface area contributed by atoms with E-state index in [4.69, 9.17) is 9.47 Å². The molecule has 0 aliphatic heterocycles. The van der Waals surface area contributed by atoms with E-state index in [0.29, 0.717) is 19.1 Å². The number of hydrogen-bond acceptors (Lipinski definition) is 4. The average Bonchev–Trinajstić information content (AvgIpc) is 2.48. The van der Waals surface area contributed by atoms with Crippen molar-refractivity contribution in [1.82, 2.24) is 5.32 Å². The van der Waals surface area contributed by atoms with Crippen LogP contribution in [0.25, 0.3) is 0 Å². The summed E-state index contributed by atoms with van der Waals surface area (Å²) < 4.78 is 11.0. The van der Waals surface area contributed by atoms with Crippen LogP contribution in [0.1, 0.15) is 32.8 Å². The molecule has 4 nitrogen and oxygen atoms in total. The summed E-state index contributed by atoms with van der Waals surface area (Å²) in [5.74, 6) is 0.275. The first kappa shape index (κ1) is 17.7. The third-order valence-electron chi connectivity index (χ3n) is 3.48. The van der Waals surface area contributed by atoms with Crippen molar-refractivity contribution in [3.05, 3.63) is 35.9 Å². The van der Waals surface area contributed by atoms with Crippen LogP contribution in [0.3, 0.4) is 0 Å². The molecule has 1 aromatic rings. The van der Waals surface area contributed by atoms with Crippen molar-refractivity contribution in [3.8, 4) is 0 Å². The Hall–Kier alpha value is -1.39. The van der Waals surface area contributed by atoms with Crippen LogP contribution in [-0.4, -0.2) is 32.8 Å². The number of carbonyl (C=O) groups is 1. The fourth-order valence-corrected chi connectivity index (χ4v) is 2.10. The minimum absolute atomic E-state index is 0.263. The van der Waals surface area contributed by atoms with Gasteiger partial charge in [0.15, 0.2) is 5.54 Å². The van der Waals surface area contributed by atoms with Crippen LogP contribution >= 0.6 is 0 Å². The molecule has 0 aromatic heterocycles. The minimum atomic E-state index is -0.950. The maximum atomic E-state index is 12.5. The number of esters is 1. The second kappa shape index (κ2) is 8.80. The summed E-state index contributed by atoms with van der Waals surface area (Å²) in [7, 11) is 1.76. The second-order valence-corrected chi connectivity index (χ2v) is 5.48. The second-order valence-electron chi connectivity index (χ2n) is 5.48. The summed E-state index contributed by atoms with van der Waals surface area (Å²) in [4.78, 5) is 12.5. The lowest BCUT2D eigenvalue weighted by Gasteiger charge is -2.31. The molecule has 0 radical (unpaired) electrons. The zero-order chi connectivity index (χ0) is 15.7. The Morgan fingerprint density at radius 1 is 1.29 bits per heavy atom. The van der Waals surface area contributed by atoms with Crippen LogP contribution in [-0.2, 0) is 19.8 Å². The van der Waals surface area contributed by atoms with Crippen LogP contribution < -0.4 is 5.32 Å². The number of benzene rings is 1. The van der Waals surface area contributed by atoms with Gasteiger partial charge in [-0.25, -0.2) is 4.79 Å². The largest absolute Gasteiger partial charge is 0.464 e. The number of nitrogens with one attached hydrogen (secondary N) is 1. The highest BCUT2D eigenvalue weighted by atomic mass is 16.5. The Morgan fingerprint density at radius 3 is 2.48 bits per heavy atom. The van der Waals surface area contributed by atoms with Gasteiger partial charge in [-0.15, -0.1) is 0 Å². The van der Waals surface area contributed by atoms with Gasteiger partial charge in [-0.3, -0.25) is 5.32 Å². The number of carbonyl (C=O) groups excluding carboxylic acids is 1. The van der Waals surface area contributed by atoms with Crippen molar-refractivity contribution in [3.63, 3.8) is 0 Å². The number of ether oxygens (including phenoxy) is 2. The summed E-state index contributed by atoms with van der Waals surface area (Å²) in [5.41, 5.74) is -0.0932. The van der Waals surface area contributed by atoms with E-state index in [9.17, 15) is 4.79 Å². The molecule has 0 amide bonds. The molecule has 1 N–H and O–H groups in total. The average molecular weight is 293 g/mol. The van der Waals surface area contributed by atoms with E-state index in [1.54, 1.807) is 7.05 Å². The van der Waals surface area contributed by atoms with Gasteiger partial charge in [-0.2, -0.15) is 0 Å². The number of likely N-dealkylation sites (N-methyl/N-ethyl adjacent to an activating group) is 1. The molecule has 0 saturated heterocycles. The Labute approximate surface area is 127 Å². The van der Waals surface area contributed by atoms with E-state index in [1.165, 1.54) is 0 Å². The van der Waals surface area contributed by atoms with Crippen LogP contribution in [0.4, 0.5) is 0 Å². The number of rotatable bonds is 9. The van der Waals surface area contributed by atoms with Crippen molar-refractivity contribution in [2.24, 2.45) is 5.92 Å². The summed E-state index contributed by atoms with van der Waals surface area (Å²) >= 11 is 0. The maximum absolute atomic E-state index is 12.5. The molecule has 0 aliphatic rings. The molecule has 4 heteroatoms. The maximum Gasteiger partial charge on any atom is 0.333 e. The third-order valence-corrected chi connectivity index (χ3v) is 3.48. The highest BCUT2D eigenvalue weighted by Crippen LogP contribution is 2.23. The lowest BCUT2D eigenvalue weighted by molar-refractivity contribution is -0.154. The van der Waals surface area contributed by atoms with Crippen molar-refractivity contribution >= 4 is 5.97 Å². The van der Waals surface area contributed by atoms with Gasteiger partial charge in [0.2, 0.25) is 0 Å². The molecule has 1 unspecified atom stereocenters. The first-order valence-electron chi connectivity index (χ1n) is 7.56. The lowest BCUT2D eigenvalue weighted by Crippen LogP contribution is -2.52. The standard InChI is InChI=1S/C17H27NO3/c1-5-21-16(19)17(18-4,13-20-12-11-14(2)3)15-9-7-6-8-10-15/h6-10,14,18H,5,11-13H2,1-4H3. The van der Waals surface area contributed by atoms with Gasteiger partial charge in [-0.1, -0.05) is 44.2 Å². The van der Waals surface area contributed by atoms with Crippen LogP contribution in [0.2, 0.25) is 0 Å². The van der Waals surface area contributed by atoms with Crippen molar-refractivity contribution in [2.45, 2.75) is 32.7 Å². The molecular formula is C17H27NO3. The Morgan fingerprint density at radius 2 is 1.95 bits per heavy atom. The summed E-state index contributed by atoms with van der Waals surface area (Å²) in [6.07, 6.45) is 0.970. The predicted molar refractivity (Wildman–Crippen MR) is 84.1 cm³/mol. The fourth-order valence-electron chi connectivity index (χ4n) is 2.10. The van der Waals surface area contributed by atoms with Gasteiger partial charge < -0.3 is 9.47 Å². The van der Waals surface area contributed by atoms with Gasteiger partial charge in [0.05, 0.1) is 13.2 Å². The third kappa shape index (κ3) is 4.83. The highest BCUT2D eigenvalue weighted by molar-refractivity contribution is 5.83. The van der Waals surface area contributed by atoms with E-state index in [2.05, 4.69) is 19.2 Å². The predicted octanol–water partition coefficient (Wildman–Crippen LogP) is 2.73. The molecule has 0 heterocycles. The van der Waals surface area contributed by atoms with Gasteiger partial charge in [0, 0.05) is 6.61 Å². The molecule has 1 atom stereocenters. The van der Waals surface area contributed by atoms with E-state index < -0.39 is 5.54 Å². The van der Waals surface area contributed by atoms with Gasteiger partial charge >= 0.3 is 5.97 Å². The van der Waals surface area contributed by atoms with Gasteiger partial charge in [0.1, 0.15) is 0 Å². The van der Waals surface area contributed by atoms with Crippen molar-refractivity contribution < 1.29 is 14.3 Å². The van der Waals surface area contributed by atoms with E-state index in [0.717, 1.165) is 12.0 Å². The molecule has 21 heavy (non-hydrogen) atoms. The molecule has 0 bridgehead atoms. The molecule has 1 aromatic carbocycles. The topological polar surface area (TPSA) is 47.6 Å². The van der Waals surface area contributed by atoms with Crippen LogP contribution in [0, 0.1) is 5.92 Å². The monoisotopic (exact) mass is 293 g/mol. The minimum Gasteiger partial charge on any atom is -0.464 e. The SMILES string of the molecule is CCOC(=O)C(COCCC(C)C)(NC)c1ccccc1. The number of hydrogen-bond donors (Lipinski definition) is 1. The Bertz CT molecular complexity index is 419. The quantitative estimate of drug-likeness (QED) is 0.562. The Kier molecular flexibility index (Phi) is 7.40. The van der Waals surface area contributed by atoms with Crippen LogP contribution in [0.5, 0.6) is 0 Å². The van der Waals surface area contributed by atoms with Crippen molar-refractivity contribution in [1.29, 1.82) is 0 Å². The lowest BCUT2D eigenvalue weighted by atomic mass is 9.91. The molecule has 0 aliphatic carbocycles. The first-order chi connectivity index (χ1) is 10.1. The molecule has 0 saturated carbocycles.